The van der Waals surface area contributed by atoms with Crippen molar-refractivity contribution in [2.75, 3.05) is 26.2 Å². The first-order chi connectivity index (χ1) is 21.2. The van der Waals surface area contributed by atoms with E-state index in [2.05, 4.69) is 15.3 Å². The lowest BCUT2D eigenvalue weighted by Gasteiger charge is -2.39. The van der Waals surface area contributed by atoms with Crippen LogP contribution in [0.3, 0.4) is 0 Å². The molecule has 4 bridgehead atoms. The molecule has 2 aromatic carbocycles. The number of fused-ring (bicyclic) bond motifs is 5. The second kappa shape index (κ2) is 13.9. The summed E-state index contributed by atoms with van der Waals surface area (Å²) in [7, 11) is 0. The number of aromatic nitrogens is 2. The summed E-state index contributed by atoms with van der Waals surface area (Å²) in [5, 5.41) is 3.07. The van der Waals surface area contributed by atoms with E-state index < -0.39 is 11.7 Å². The van der Waals surface area contributed by atoms with Gasteiger partial charge in [0.25, 0.3) is 0 Å². The van der Waals surface area contributed by atoms with Crippen LogP contribution in [0.1, 0.15) is 47.8 Å². The fraction of sp³-hybridized carbons (Fsp3) is 0.424. The molecule has 2 aliphatic heterocycles. The fourth-order valence-corrected chi connectivity index (χ4v) is 5.85. The number of benzene rings is 2. The third kappa shape index (κ3) is 7.71. The number of nitrogens with one attached hydrogen (secondary N) is 2. The van der Waals surface area contributed by atoms with Crippen molar-refractivity contribution in [3.8, 4) is 11.5 Å². The molecular weight excluding hydrogens is 562 g/mol. The van der Waals surface area contributed by atoms with Gasteiger partial charge in [0.1, 0.15) is 11.5 Å². The predicted octanol–water partition coefficient (Wildman–Crippen LogP) is 2.82. The molecule has 3 aromatic rings. The van der Waals surface area contributed by atoms with Gasteiger partial charge in [-0.2, -0.15) is 4.98 Å². The first-order valence-electron chi connectivity index (χ1n) is 15.1. The fourth-order valence-electron chi connectivity index (χ4n) is 5.85. The van der Waals surface area contributed by atoms with E-state index in [1.54, 1.807) is 18.7 Å². The molecular formula is C33H39N5O6. The first kappa shape index (κ1) is 30.9. The molecule has 2 aliphatic rings. The molecule has 0 unspecified atom stereocenters. The number of likely N-dealkylation sites (tertiary alicyclic amines) is 1. The van der Waals surface area contributed by atoms with Crippen LogP contribution in [0.15, 0.2) is 53.3 Å². The number of carbonyl (C=O) groups excluding carboxylic acids is 3. The van der Waals surface area contributed by atoms with Crippen LogP contribution in [0.2, 0.25) is 0 Å². The van der Waals surface area contributed by atoms with Gasteiger partial charge < -0.3 is 29.6 Å². The normalized spacial score (nSPS) is 19.4. The molecule has 0 aliphatic carbocycles. The first-order valence-corrected chi connectivity index (χ1v) is 15.1. The molecule has 5 rings (SSSR count). The highest BCUT2D eigenvalue weighted by Gasteiger charge is 2.34. The number of hydrogen-bond donors (Lipinski definition) is 2. The monoisotopic (exact) mass is 601 g/mol. The smallest absolute Gasteiger partial charge is 0.345 e. The van der Waals surface area contributed by atoms with Crippen LogP contribution < -0.4 is 15.7 Å². The summed E-state index contributed by atoms with van der Waals surface area (Å²) < 4.78 is 12.4. The van der Waals surface area contributed by atoms with E-state index in [4.69, 9.17) is 9.47 Å². The van der Waals surface area contributed by atoms with Crippen molar-refractivity contribution in [1.82, 2.24) is 25.1 Å². The van der Waals surface area contributed by atoms with Crippen molar-refractivity contribution in [2.24, 2.45) is 0 Å². The Labute approximate surface area is 256 Å². The highest BCUT2D eigenvalue weighted by atomic mass is 16.5. The lowest BCUT2D eigenvalue weighted by atomic mass is 10.00. The standard InChI is InChI=1S/C33H39N5O6/c1-4-37-19-30(39)36-28-18-38(31(40)12-11-27-21(2)34-33(42)35-22(27)3)14-13-29(28)43-20-24-8-6-10-26(16-24)44-25-9-5-7-23(15-25)17-32(37)41/h5-10,15-16,28-29H,4,11-14,17-20H2,1-3H3,(H,36,39)(H,34,35,42)/t28-,29-/m0/s1. The maximum atomic E-state index is 13.3. The molecule has 0 radical (unpaired) electrons. The molecule has 1 fully saturated rings. The predicted molar refractivity (Wildman–Crippen MR) is 163 cm³/mol. The third-order valence-electron chi connectivity index (χ3n) is 8.21. The number of amides is 3. The number of aromatic amines is 1. The number of carbonyl (C=O) groups is 3. The van der Waals surface area contributed by atoms with Crippen molar-refractivity contribution < 1.29 is 23.9 Å². The van der Waals surface area contributed by atoms with Crippen LogP contribution in [-0.2, 0) is 38.6 Å². The molecule has 1 saturated heterocycles. The quantitative estimate of drug-likeness (QED) is 0.470. The zero-order valence-electron chi connectivity index (χ0n) is 25.4. The lowest BCUT2D eigenvalue weighted by molar-refractivity contribution is -0.139. The van der Waals surface area contributed by atoms with Crippen LogP contribution in [0, 0.1) is 13.8 Å². The van der Waals surface area contributed by atoms with Crippen LogP contribution in [0.5, 0.6) is 11.5 Å². The van der Waals surface area contributed by atoms with E-state index in [-0.39, 0.29) is 49.8 Å². The Morgan fingerprint density at radius 2 is 1.77 bits per heavy atom. The van der Waals surface area contributed by atoms with Crippen molar-refractivity contribution in [3.05, 3.63) is 87.1 Å². The van der Waals surface area contributed by atoms with Crippen LogP contribution in [-0.4, -0.2) is 75.8 Å². The minimum atomic E-state index is -0.461. The van der Waals surface area contributed by atoms with Gasteiger partial charge in [-0.3, -0.25) is 14.4 Å². The molecule has 1 aromatic heterocycles. The van der Waals surface area contributed by atoms with Gasteiger partial charge in [-0.25, -0.2) is 4.79 Å². The second-order valence-electron chi connectivity index (χ2n) is 11.4. The number of nitrogens with zero attached hydrogens (tertiary/aromatic N) is 3. The molecule has 2 atom stereocenters. The molecule has 3 amide bonds. The summed E-state index contributed by atoms with van der Waals surface area (Å²) in [6, 6.07) is 14.6. The van der Waals surface area contributed by atoms with E-state index in [9.17, 15) is 19.2 Å². The van der Waals surface area contributed by atoms with Gasteiger partial charge in [-0.15, -0.1) is 0 Å². The Hall–Kier alpha value is -4.51. The second-order valence-corrected chi connectivity index (χ2v) is 11.4. The van der Waals surface area contributed by atoms with Gasteiger partial charge in [0.05, 0.1) is 31.7 Å². The Morgan fingerprint density at radius 1 is 1.05 bits per heavy atom. The van der Waals surface area contributed by atoms with E-state index in [0.717, 1.165) is 16.7 Å². The van der Waals surface area contributed by atoms with Gasteiger partial charge in [-0.1, -0.05) is 24.3 Å². The Morgan fingerprint density at radius 3 is 2.50 bits per heavy atom. The van der Waals surface area contributed by atoms with Crippen molar-refractivity contribution in [3.63, 3.8) is 0 Å². The number of ether oxygens (including phenoxy) is 2. The van der Waals surface area contributed by atoms with Gasteiger partial charge in [0, 0.05) is 37.4 Å². The van der Waals surface area contributed by atoms with E-state index in [1.165, 1.54) is 4.90 Å². The highest BCUT2D eigenvalue weighted by molar-refractivity contribution is 5.86. The maximum absolute atomic E-state index is 13.3. The topological polar surface area (TPSA) is 134 Å². The van der Waals surface area contributed by atoms with E-state index >= 15 is 0 Å². The Kier molecular flexibility index (Phi) is 9.74. The lowest BCUT2D eigenvalue weighted by Crippen LogP contribution is -2.58. The minimum Gasteiger partial charge on any atom is -0.457 e. The zero-order valence-corrected chi connectivity index (χ0v) is 25.4. The highest BCUT2D eigenvalue weighted by Crippen LogP contribution is 2.25. The number of H-pyrrole nitrogens is 1. The van der Waals surface area contributed by atoms with Crippen LogP contribution >= 0.6 is 0 Å². The van der Waals surface area contributed by atoms with E-state index in [1.807, 2.05) is 55.5 Å². The molecule has 44 heavy (non-hydrogen) atoms. The van der Waals surface area contributed by atoms with Crippen molar-refractivity contribution in [1.29, 1.82) is 0 Å². The molecule has 11 nitrogen and oxygen atoms in total. The van der Waals surface area contributed by atoms with Crippen molar-refractivity contribution >= 4 is 17.7 Å². The van der Waals surface area contributed by atoms with E-state index in [0.29, 0.717) is 55.4 Å². The summed E-state index contributed by atoms with van der Waals surface area (Å²) in [6.45, 7) is 6.77. The zero-order chi connectivity index (χ0) is 31.2. The summed E-state index contributed by atoms with van der Waals surface area (Å²) in [6.07, 6.45) is 1.03. The number of hydrogen-bond acceptors (Lipinski definition) is 7. The summed E-state index contributed by atoms with van der Waals surface area (Å²) in [5.41, 5.74) is 3.48. The van der Waals surface area contributed by atoms with Gasteiger partial charge in [0.15, 0.2) is 0 Å². The van der Waals surface area contributed by atoms with Crippen LogP contribution in [0.4, 0.5) is 0 Å². The molecule has 232 valence electrons. The average molecular weight is 602 g/mol. The third-order valence-corrected chi connectivity index (χ3v) is 8.21. The van der Waals surface area contributed by atoms with Crippen molar-refractivity contribution in [2.45, 2.75) is 65.2 Å². The summed E-state index contributed by atoms with van der Waals surface area (Å²) in [4.78, 5) is 61.4. The molecule has 0 saturated carbocycles. The molecule has 11 heteroatoms. The molecule has 2 N–H and O–H groups in total. The SMILES string of the molecule is CCN1CC(=O)N[C@H]2CN(C(=O)CCc3c(C)nc(=O)[nH]c3C)CC[C@@H]2OCc2cccc(c2)Oc2cccc(c2)CC1=O. The maximum Gasteiger partial charge on any atom is 0.345 e. The number of rotatable bonds is 4. The number of aryl methyl sites for hydroxylation is 2. The number of likely N-dealkylation sites (N-methyl/N-ethyl adjacent to an activating group) is 1. The largest absolute Gasteiger partial charge is 0.457 e. The van der Waals surface area contributed by atoms with Gasteiger partial charge in [0.2, 0.25) is 17.7 Å². The van der Waals surface area contributed by atoms with Crippen LogP contribution in [0.25, 0.3) is 0 Å². The number of piperidine rings is 1. The van der Waals surface area contributed by atoms with Gasteiger partial charge in [-0.05, 0) is 74.6 Å². The molecule has 3 heterocycles. The van der Waals surface area contributed by atoms with Gasteiger partial charge >= 0.3 is 5.69 Å². The molecule has 0 spiro atoms. The summed E-state index contributed by atoms with van der Waals surface area (Å²) >= 11 is 0. The summed E-state index contributed by atoms with van der Waals surface area (Å²) in [5.74, 6) is 0.757. The average Bonchev–Trinajstić information content (AvgIpc) is 2.98. The Balaban J connectivity index is 1.33. The Bertz CT molecular complexity index is 1560. The minimum absolute atomic E-state index is 0.0527.